The lowest BCUT2D eigenvalue weighted by molar-refractivity contribution is -0.276. The zero-order chi connectivity index (χ0) is 37.3. The van der Waals surface area contributed by atoms with Gasteiger partial charge in [0.1, 0.15) is 6.04 Å². The smallest absolute Gasteiger partial charge is 0.328 e. The van der Waals surface area contributed by atoms with Crippen molar-refractivity contribution in [2.24, 2.45) is 5.92 Å². The number of rotatable bonds is 13. The molecule has 11 heteroatoms. The Morgan fingerprint density at radius 3 is 2.17 bits per heavy atom. The first-order chi connectivity index (χ1) is 25.8. The minimum Gasteiger partial charge on any atom is -0.493 e. The number of carbonyl (C=O) groups is 2. The van der Waals surface area contributed by atoms with Crippen molar-refractivity contribution in [3.8, 4) is 11.5 Å². The molecule has 1 saturated heterocycles. The third-order valence-electron chi connectivity index (χ3n) is 10.1. The molecule has 5 atom stereocenters. The maximum atomic E-state index is 12.8. The summed E-state index contributed by atoms with van der Waals surface area (Å²) in [6, 6.07) is 28.0. The Morgan fingerprint density at radius 1 is 0.849 bits per heavy atom. The number of amides is 2. The van der Waals surface area contributed by atoms with E-state index >= 15 is 0 Å². The molecule has 6 rings (SSSR count). The number of nitrogens with one attached hydrogen (secondary N) is 2. The van der Waals surface area contributed by atoms with Gasteiger partial charge in [-0.3, -0.25) is 4.90 Å². The lowest BCUT2D eigenvalue weighted by Crippen LogP contribution is -2.47. The molecular weight excluding hydrogens is 674 g/mol. The van der Waals surface area contributed by atoms with Gasteiger partial charge in [0.15, 0.2) is 17.8 Å². The average molecular weight is 724 g/mol. The Morgan fingerprint density at radius 2 is 1.51 bits per heavy atom. The molecule has 0 radical (unpaired) electrons. The third-order valence-corrected chi connectivity index (χ3v) is 10.1. The summed E-state index contributed by atoms with van der Waals surface area (Å²) >= 11 is 0. The van der Waals surface area contributed by atoms with E-state index < -0.39 is 24.3 Å². The second kappa shape index (κ2) is 17.7. The highest BCUT2D eigenvalue weighted by atomic mass is 16.7. The topological polar surface area (TPSA) is 128 Å². The Labute approximate surface area is 311 Å². The Bertz CT molecular complexity index is 1820. The molecule has 1 fully saturated rings. The average Bonchev–Trinajstić information content (AvgIpc) is 3.20. The summed E-state index contributed by atoms with van der Waals surface area (Å²) in [5.74, 6) is 0.996. The van der Waals surface area contributed by atoms with Gasteiger partial charge in [-0.15, -0.1) is 0 Å². The minimum absolute atomic E-state index is 0.0226. The molecule has 0 aliphatic carbocycles. The molecule has 2 aliphatic rings. The fourth-order valence-corrected chi connectivity index (χ4v) is 7.05. The van der Waals surface area contributed by atoms with Crippen LogP contribution in [0.15, 0.2) is 91.0 Å². The van der Waals surface area contributed by atoms with E-state index in [1.807, 2.05) is 78.9 Å². The van der Waals surface area contributed by atoms with Gasteiger partial charge < -0.3 is 39.4 Å². The molecule has 2 aliphatic heterocycles. The molecule has 280 valence electrons. The summed E-state index contributed by atoms with van der Waals surface area (Å²) < 4.78 is 29.5. The van der Waals surface area contributed by atoms with Gasteiger partial charge >= 0.3 is 12.0 Å². The largest absolute Gasteiger partial charge is 0.493 e. The quantitative estimate of drug-likeness (QED) is 0.151. The van der Waals surface area contributed by atoms with Gasteiger partial charge in [-0.2, -0.15) is 0 Å². The van der Waals surface area contributed by atoms with Crippen LogP contribution in [0.4, 0.5) is 4.79 Å². The molecule has 0 unspecified atom stereocenters. The van der Waals surface area contributed by atoms with E-state index in [9.17, 15) is 14.7 Å². The van der Waals surface area contributed by atoms with Crippen molar-refractivity contribution in [3.63, 3.8) is 0 Å². The summed E-state index contributed by atoms with van der Waals surface area (Å²) in [7, 11) is 4.63. The van der Waals surface area contributed by atoms with E-state index in [0.717, 1.165) is 58.8 Å². The normalized spacial score (nSPS) is 20.5. The number of aliphatic hydroxyl groups excluding tert-OH is 1. The lowest BCUT2D eigenvalue weighted by Gasteiger charge is -2.43. The van der Waals surface area contributed by atoms with Crippen molar-refractivity contribution in [1.29, 1.82) is 0 Å². The van der Waals surface area contributed by atoms with E-state index in [0.29, 0.717) is 13.0 Å². The first kappa shape index (κ1) is 37.8. The summed E-state index contributed by atoms with van der Waals surface area (Å²) in [6.07, 6.45) is 0.216. The molecule has 0 saturated carbocycles. The molecule has 53 heavy (non-hydrogen) atoms. The van der Waals surface area contributed by atoms with Gasteiger partial charge in [-0.25, -0.2) is 9.59 Å². The van der Waals surface area contributed by atoms with Crippen LogP contribution in [0.3, 0.4) is 0 Å². The van der Waals surface area contributed by atoms with Crippen molar-refractivity contribution in [2.75, 3.05) is 34.4 Å². The van der Waals surface area contributed by atoms with Gasteiger partial charge in [0.2, 0.25) is 0 Å². The van der Waals surface area contributed by atoms with Crippen LogP contribution in [0.2, 0.25) is 0 Å². The number of ether oxygens (including phenoxy) is 5. The first-order valence-corrected chi connectivity index (χ1v) is 18.0. The summed E-state index contributed by atoms with van der Waals surface area (Å²) in [4.78, 5) is 27.6. The van der Waals surface area contributed by atoms with Crippen LogP contribution < -0.4 is 20.1 Å². The number of nitrogens with zero attached hydrogens (tertiary/aromatic N) is 1. The predicted molar refractivity (Wildman–Crippen MR) is 199 cm³/mol. The second-order valence-electron chi connectivity index (χ2n) is 13.6. The molecule has 4 aromatic carbocycles. The van der Waals surface area contributed by atoms with Crippen LogP contribution in [-0.2, 0) is 51.5 Å². The number of methoxy groups -OCH3 is 3. The molecule has 0 spiro atoms. The molecule has 2 heterocycles. The number of urea groups is 1. The monoisotopic (exact) mass is 723 g/mol. The molecule has 2 amide bonds. The number of hydrogen-bond acceptors (Lipinski definition) is 9. The Kier molecular flexibility index (Phi) is 12.6. The number of fused-ring (bicyclic) bond motifs is 1. The van der Waals surface area contributed by atoms with E-state index in [4.69, 9.17) is 23.7 Å². The van der Waals surface area contributed by atoms with Crippen molar-refractivity contribution < 1.29 is 38.4 Å². The van der Waals surface area contributed by atoms with Gasteiger partial charge in [-0.05, 0) is 51.9 Å². The van der Waals surface area contributed by atoms with Crippen LogP contribution in [0.5, 0.6) is 11.5 Å². The SMILES string of the molecule is COC(=O)[C@H](Cc1ccccc1)NC(=O)NCc1ccc([C@H]2O[C@@H](CN3CCc4cc(OC)c(OC)cc4C3)[C@@H](C)[C@@H](c3ccc(CO)cc3)O2)cc1. The molecular formula is C42H49N3O8. The van der Waals surface area contributed by atoms with Crippen molar-refractivity contribution in [2.45, 2.75) is 64.0 Å². The van der Waals surface area contributed by atoms with Crippen molar-refractivity contribution >= 4 is 12.0 Å². The van der Waals surface area contributed by atoms with Crippen LogP contribution in [0.25, 0.3) is 0 Å². The number of benzene rings is 4. The van der Waals surface area contributed by atoms with Gasteiger partial charge in [0.25, 0.3) is 0 Å². The van der Waals surface area contributed by atoms with E-state index in [2.05, 4.69) is 34.6 Å². The van der Waals surface area contributed by atoms with E-state index in [1.165, 1.54) is 18.2 Å². The Hall–Kier alpha value is -4.94. The number of hydrogen-bond donors (Lipinski definition) is 3. The lowest BCUT2D eigenvalue weighted by atomic mass is 9.89. The van der Waals surface area contributed by atoms with Crippen molar-refractivity contribution in [3.05, 3.63) is 130 Å². The van der Waals surface area contributed by atoms with E-state index in [-0.39, 0.29) is 31.3 Å². The number of esters is 1. The zero-order valence-corrected chi connectivity index (χ0v) is 30.7. The van der Waals surface area contributed by atoms with E-state index in [1.54, 1.807) is 14.2 Å². The summed E-state index contributed by atoms with van der Waals surface area (Å²) in [6.45, 7) is 4.77. The Balaban J connectivity index is 1.13. The number of carbonyl (C=O) groups excluding carboxylic acids is 2. The van der Waals surface area contributed by atoms with Crippen LogP contribution >= 0.6 is 0 Å². The van der Waals surface area contributed by atoms with Gasteiger partial charge in [0, 0.05) is 44.1 Å². The highest BCUT2D eigenvalue weighted by Gasteiger charge is 2.39. The zero-order valence-electron chi connectivity index (χ0n) is 30.7. The molecule has 11 nitrogen and oxygen atoms in total. The number of aliphatic hydroxyl groups is 1. The van der Waals surface area contributed by atoms with Crippen molar-refractivity contribution in [1.82, 2.24) is 15.5 Å². The standard InChI is InChI=1S/C42H49N3O8/c1-27-38(25-45-19-18-33-21-36(49-2)37(50-3)22-34(33)24-45)52-41(53-39(27)31-14-12-30(26-46)13-15-31)32-16-10-29(11-17-32)23-43-42(48)44-35(40(47)51-4)20-28-8-6-5-7-9-28/h5-17,21-22,27,35,38-39,41,46H,18-20,23-26H2,1-4H3,(H2,43,44,48)/t27-,35+,38+,39+,41+/m1/s1. The van der Waals surface area contributed by atoms with Gasteiger partial charge in [0.05, 0.1) is 40.1 Å². The molecule has 3 N–H and O–H groups in total. The molecule has 0 bridgehead atoms. The third kappa shape index (κ3) is 9.36. The maximum absolute atomic E-state index is 12.8. The highest BCUT2D eigenvalue weighted by molar-refractivity contribution is 5.83. The van der Waals surface area contributed by atoms with Crippen LogP contribution in [0.1, 0.15) is 58.3 Å². The predicted octanol–water partition coefficient (Wildman–Crippen LogP) is 5.63. The first-order valence-electron chi connectivity index (χ1n) is 18.0. The highest BCUT2D eigenvalue weighted by Crippen LogP contribution is 2.42. The fourth-order valence-electron chi connectivity index (χ4n) is 7.05. The van der Waals surface area contributed by atoms with Crippen LogP contribution in [0, 0.1) is 5.92 Å². The fraction of sp³-hybridized carbons (Fsp3) is 0.381. The second-order valence-corrected chi connectivity index (χ2v) is 13.6. The molecule has 0 aromatic heterocycles. The molecule has 4 aromatic rings. The van der Waals surface area contributed by atoms with Gasteiger partial charge in [-0.1, -0.05) is 85.8 Å². The summed E-state index contributed by atoms with van der Waals surface area (Å²) in [5, 5.41) is 15.2. The van der Waals surface area contributed by atoms with Crippen LogP contribution in [-0.4, -0.2) is 68.6 Å². The maximum Gasteiger partial charge on any atom is 0.328 e. The summed E-state index contributed by atoms with van der Waals surface area (Å²) in [5.41, 5.74) is 7.00. The minimum atomic E-state index is -0.820.